The van der Waals surface area contributed by atoms with Crippen molar-refractivity contribution in [1.29, 1.82) is 0 Å². The summed E-state index contributed by atoms with van der Waals surface area (Å²) in [4.78, 5) is 44.5. The molecule has 4 rings (SSSR count). The minimum Gasteiger partial charge on any atom is -0.466 e. The maximum atomic E-state index is 13.8. The molecule has 0 aromatic carbocycles. The van der Waals surface area contributed by atoms with E-state index in [2.05, 4.69) is 10.2 Å². The second-order valence-electron chi connectivity index (χ2n) is 10.5. The number of nitrogens with one attached hydrogen (secondary N) is 1. The van der Waals surface area contributed by atoms with Gasteiger partial charge in [0.1, 0.15) is 17.6 Å². The van der Waals surface area contributed by atoms with Gasteiger partial charge in [0.2, 0.25) is 11.8 Å². The Balaban J connectivity index is 1.57. The molecule has 2 amide bonds. The van der Waals surface area contributed by atoms with Crippen LogP contribution in [-0.2, 0) is 28.6 Å². The number of nitrogens with zero attached hydrogens (tertiary/aromatic N) is 2. The van der Waals surface area contributed by atoms with Gasteiger partial charge in [0.15, 0.2) is 0 Å². The predicted octanol–water partition coefficient (Wildman–Crippen LogP) is 0.171. The molecule has 4 saturated heterocycles. The largest absolute Gasteiger partial charge is 0.466 e. The van der Waals surface area contributed by atoms with Gasteiger partial charge >= 0.3 is 5.97 Å². The predicted molar refractivity (Wildman–Crippen MR) is 126 cm³/mol. The van der Waals surface area contributed by atoms with Crippen molar-refractivity contribution in [3.05, 3.63) is 0 Å². The minimum atomic E-state index is -1.04. The molecule has 0 saturated carbocycles. The van der Waals surface area contributed by atoms with Crippen LogP contribution < -0.4 is 5.32 Å². The van der Waals surface area contributed by atoms with Gasteiger partial charge in [-0.25, -0.2) is 0 Å². The summed E-state index contributed by atoms with van der Waals surface area (Å²) in [7, 11) is 0. The van der Waals surface area contributed by atoms with E-state index in [0.29, 0.717) is 52.1 Å². The van der Waals surface area contributed by atoms with Crippen LogP contribution in [0.4, 0.5) is 0 Å². The van der Waals surface area contributed by atoms with Crippen molar-refractivity contribution >= 4 is 17.8 Å². The number of likely N-dealkylation sites (tertiary alicyclic amines) is 1. The molecule has 0 radical (unpaired) electrons. The third kappa shape index (κ3) is 4.58. The first-order valence-electron chi connectivity index (χ1n) is 13.2. The SMILES string of the molecule is CCOC(=O)[C@@H]1[C@H]2C(=O)N(CCCCCO)C(C(=O)NCCN3CCOCC3)C23CC(C)[C@@]1(C)O3. The van der Waals surface area contributed by atoms with E-state index in [1.54, 1.807) is 11.8 Å². The Kier molecular flexibility index (Phi) is 8.05. The monoisotopic (exact) mass is 495 g/mol. The number of morpholine rings is 1. The third-order valence-electron chi connectivity index (χ3n) is 8.49. The first-order valence-corrected chi connectivity index (χ1v) is 13.2. The summed E-state index contributed by atoms with van der Waals surface area (Å²) in [5, 5.41) is 12.2. The van der Waals surface area contributed by atoms with Crippen LogP contribution in [0.2, 0.25) is 0 Å². The highest BCUT2D eigenvalue weighted by Crippen LogP contribution is 2.65. The van der Waals surface area contributed by atoms with E-state index < -0.39 is 35.0 Å². The molecule has 1 spiro atoms. The van der Waals surface area contributed by atoms with Crippen LogP contribution in [0.5, 0.6) is 0 Å². The maximum absolute atomic E-state index is 13.8. The first-order chi connectivity index (χ1) is 16.8. The Bertz CT molecular complexity index is 804. The van der Waals surface area contributed by atoms with Crippen LogP contribution in [0, 0.1) is 17.8 Å². The van der Waals surface area contributed by atoms with Gasteiger partial charge in [-0.3, -0.25) is 19.3 Å². The fourth-order valence-electron chi connectivity index (χ4n) is 6.70. The number of amides is 2. The fraction of sp³-hybridized carbons (Fsp3) is 0.880. The number of ether oxygens (including phenoxy) is 3. The van der Waals surface area contributed by atoms with Crippen LogP contribution in [0.3, 0.4) is 0 Å². The zero-order valence-electron chi connectivity index (χ0n) is 21.3. The molecule has 2 N–H and O–H groups in total. The van der Waals surface area contributed by atoms with Crippen molar-refractivity contribution in [2.45, 2.75) is 63.7 Å². The molecule has 0 aliphatic carbocycles. The molecule has 4 aliphatic heterocycles. The summed E-state index contributed by atoms with van der Waals surface area (Å²) in [6.45, 7) is 10.6. The molecule has 198 valence electrons. The molecule has 4 heterocycles. The Morgan fingerprint density at radius 2 is 1.94 bits per heavy atom. The molecule has 2 bridgehead atoms. The summed E-state index contributed by atoms with van der Waals surface area (Å²) >= 11 is 0. The standard InChI is InChI=1S/C25H41N3O7/c1-4-34-23(32)19-18-22(31)28(9-6-5-7-13-29)20(25(18)16-17(2)24(19,3)35-25)21(30)26-8-10-27-11-14-33-15-12-27/h17-20,29H,4-16H2,1-3H3,(H,26,30)/t17?,18-,19-,20?,24+,25?/m0/s1. The quantitative estimate of drug-likeness (QED) is 0.308. The van der Waals surface area contributed by atoms with Gasteiger partial charge in [-0.05, 0) is 45.4 Å². The van der Waals surface area contributed by atoms with E-state index in [4.69, 9.17) is 19.3 Å². The summed E-state index contributed by atoms with van der Waals surface area (Å²) in [6, 6.07) is -0.789. The van der Waals surface area contributed by atoms with Crippen molar-refractivity contribution in [2.75, 3.05) is 59.2 Å². The normalized spacial score (nSPS) is 36.5. The number of rotatable bonds is 11. The van der Waals surface area contributed by atoms with Crippen LogP contribution >= 0.6 is 0 Å². The highest BCUT2D eigenvalue weighted by molar-refractivity contribution is 5.98. The highest BCUT2D eigenvalue weighted by Gasteiger charge is 2.80. The van der Waals surface area contributed by atoms with Crippen molar-refractivity contribution < 1.29 is 33.7 Å². The number of aliphatic hydroxyl groups is 1. The van der Waals surface area contributed by atoms with Crippen molar-refractivity contribution in [3.63, 3.8) is 0 Å². The second kappa shape index (κ2) is 10.7. The third-order valence-corrected chi connectivity index (χ3v) is 8.49. The van der Waals surface area contributed by atoms with Gasteiger partial charge in [0, 0.05) is 39.3 Å². The second-order valence-corrected chi connectivity index (χ2v) is 10.5. The Morgan fingerprint density at radius 3 is 2.63 bits per heavy atom. The topological polar surface area (TPSA) is 118 Å². The molecule has 0 aromatic heterocycles. The summed E-state index contributed by atoms with van der Waals surface area (Å²) in [5.41, 5.74) is -1.88. The Labute approximate surface area is 207 Å². The van der Waals surface area contributed by atoms with Crippen LogP contribution in [-0.4, -0.2) is 109 Å². The summed E-state index contributed by atoms with van der Waals surface area (Å²) in [6.07, 6.45) is 2.61. The van der Waals surface area contributed by atoms with Gasteiger partial charge in [-0.2, -0.15) is 0 Å². The summed E-state index contributed by atoms with van der Waals surface area (Å²) < 4.78 is 17.4. The number of carbonyl (C=O) groups excluding carboxylic acids is 3. The lowest BCUT2D eigenvalue weighted by molar-refractivity contribution is -0.161. The maximum Gasteiger partial charge on any atom is 0.312 e. The molecule has 10 heteroatoms. The lowest BCUT2D eigenvalue weighted by atomic mass is 9.62. The number of fused-ring (bicyclic) bond motifs is 1. The van der Waals surface area contributed by atoms with E-state index >= 15 is 0 Å². The molecule has 4 fully saturated rings. The lowest BCUT2D eigenvalue weighted by Gasteiger charge is -2.35. The zero-order valence-corrected chi connectivity index (χ0v) is 21.3. The molecule has 3 unspecified atom stereocenters. The molecular formula is C25H41N3O7. The highest BCUT2D eigenvalue weighted by atomic mass is 16.6. The smallest absolute Gasteiger partial charge is 0.312 e. The van der Waals surface area contributed by atoms with Crippen LogP contribution in [0.1, 0.15) is 46.5 Å². The fourth-order valence-corrected chi connectivity index (χ4v) is 6.70. The average molecular weight is 496 g/mol. The lowest BCUT2D eigenvalue weighted by Crippen LogP contribution is -2.56. The van der Waals surface area contributed by atoms with Crippen LogP contribution in [0.25, 0.3) is 0 Å². The number of hydrogen-bond acceptors (Lipinski definition) is 8. The van der Waals surface area contributed by atoms with E-state index in [9.17, 15) is 14.4 Å². The van der Waals surface area contributed by atoms with Gasteiger partial charge < -0.3 is 29.5 Å². The van der Waals surface area contributed by atoms with E-state index in [0.717, 1.165) is 19.5 Å². The van der Waals surface area contributed by atoms with Crippen molar-refractivity contribution in [1.82, 2.24) is 15.1 Å². The van der Waals surface area contributed by atoms with Gasteiger partial charge in [-0.15, -0.1) is 0 Å². The molecular weight excluding hydrogens is 454 g/mol. The van der Waals surface area contributed by atoms with Gasteiger partial charge in [-0.1, -0.05) is 6.92 Å². The number of hydrogen-bond donors (Lipinski definition) is 2. The van der Waals surface area contributed by atoms with Gasteiger partial charge in [0.05, 0.1) is 31.3 Å². The molecule has 6 atom stereocenters. The van der Waals surface area contributed by atoms with E-state index in [1.807, 2.05) is 13.8 Å². The summed E-state index contributed by atoms with van der Waals surface area (Å²) in [5.74, 6) is -2.30. The number of unbranched alkanes of at least 4 members (excludes halogenated alkanes) is 2. The average Bonchev–Trinajstić information content (AvgIpc) is 3.34. The van der Waals surface area contributed by atoms with E-state index in [1.165, 1.54) is 0 Å². The minimum absolute atomic E-state index is 0.000977. The van der Waals surface area contributed by atoms with Crippen molar-refractivity contribution in [3.8, 4) is 0 Å². The number of aliphatic hydroxyl groups excluding tert-OH is 1. The van der Waals surface area contributed by atoms with E-state index in [-0.39, 0.29) is 30.9 Å². The molecule has 35 heavy (non-hydrogen) atoms. The molecule has 0 aromatic rings. The van der Waals surface area contributed by atoms with Gasteiger partial charge in [0.25, 0.3) is 0 Å². The number of carbonyl (C=O) groups is 3. The Hall–Kier alpha value is -1.75. The Morgan fingerprint density at radius 1 is 1.20 bits per heavy atom. The number of esters is 1. The zero-order chi connectivity index (χ0) is 25.2. The van der Waals surface area contributed by atoms with Crippen molar-refractivity contribution in [2.24, 2.45) is 17.8 Å². The molecule has 10 nitrogen and oxygen atoms in total. The first kappa shape index (κ1) is 26.3. The van der Waals surface area contributed by atoms with Crippen LogP contribution in [0.15, 0.2) is 0 Å². The molecule has 4 aliphatic rings.